The highest BCUT2D eigenvalue weighted by Crippen LogP contribution is 2.19. The van der Waals surface area contributed by atoms with Gasteiger partial charge >= 0.3 is 0 Å². The number of rotatable bonds is 6. The summed E-state index contributed by atoms with van der Waals surface area (Å²) in [6, 6.07) is 10.5. The molecule has 1 N–H and O–H groups in total. The van der Waals surface area contributed by atoms with Crippen LogP contribution < -0.4 is 15.6 Å². The number of pyridine rings is 1. The van der Waals surface area contributed by atoms with E-state index in [9.17, 15) is 9.59 Å². The Kier molecular flexibility index (Phi) is 5.12. The van der Waals surface area contributed by atoms with Gasteiger partial charge in [0.1, 0.15) is 5.75 Å². The van der Waals surface area contributed by atoms with Gasteiger partial charge in [0.15, 0.2) is 0 Å². The minimum Gasteiger partial charge on any atom is -0.496 e. The van der Waals surface area contributed by atoms with Crippen molar-refractivity contribution >= 4 is 5.91 Å². The highest BCUT2D eigenvalue weighted by Gasteiger charge is 2.20. The summed E-state index contributed by atoms with van der Waals surface area (Å²) >= 11 is 0. The van der Waals surface area contributed by atoms with E-state index < -0.39 is 0 Å². The van der Waals surface area contributed by atoms with Crippen LogP contribution >= 0.6 is 0 Å². The summed E-state index contributed by atoms with van der Waals surface area (Å²) in [4.78, 5) is 26.1. The number of aryl methyl sites for hydroxylation is 1. The zero-order valence-corrected chi connectivity index (χ0v) is 14.5. The maximum absolute atomic E-state index is 12.8. The SMILES string of the molecule is COc1cc(=O)n(C)cc1C(=O)NC(Cn1nccn1)c1ccccc1. The average molecular weight is 353 g/mol. The first-order chi connectivity index (χ1) is 12.6. The van der Waals surface area contributed by atoms with Crippen molar-refractivity contribution in [1.82, 2.24) is 24.9 Å². The van der Waals surface area contributed by atoms with Crippen molar-refractivity contribution < 1.29 is 9.53 Å². The molecule has 26 heavy (non-hydrogen) atoms. The number of benzene rings is 1. The fourth-order valence-corrected chi connectivity index (χ4v) is 2.61. The van der Waals surface area contributed by atoms with Crippen LogP contribution in [0.5, 0.6) is 5.75 Å². The molecular weight excluding hydrogens is 334 g/mol. The smallest absolute Gasteiger partial charge is 0.257 e. The number of aromatic nitrogens is 4. The molecule has 134 valence electrons. The van der Waals surface area contributed by atoms with E-state index >= 15 is 0 Å². The van der Waals surface area contributed by atoms with Crippen LogP contribution in [-0.4, -0.2) is 32.6 Å². The number of ether oxygens (including phenoxy) is 1. The van der Waals surface area contributed by atoms with Crippen molar-refractivity contribution in [3.8, 4) is 5.75 Å². The maximum atomic E-state index is 12.8. The fourth-order valence-electron chi connectivity index (χ4n) is 2.61. The second-order valence-electron chi connectivity index (χ2n) is 5.73. The highest BCUT2D eigenvalue weighted by molar-refractivity contribution is 5.96. The summed E-state index contributed by atoms with van der Waals surface area (Å²) in [7, 11) is 3.01. The molecule has 0 aliphatic carbocycles. The molecule has 0 aliphatic rings. The molecular formula is C18H19N5O3. The van der Waals surface area contributed by atoms with Gasteiger partial charge in [-0.3, -0.25) is 9.59 Å². The third-order valence-corrected chi connectivity index (χ3v) is 3.97. The van der Waals surface area contributed by atoms with E-state index in [0.717, 1.165) is 5.56 Å². The summed E-state index contributed by atoms with van der Waals surface area (Å²) in [5.74, 6) is -0.118. The predicted octanol–water partition coefficient (Wildman–Crippen LogP) is 1.16. The number of carbonyl (C=O) groups excluding carboxylic acids is 1. The molecule has 3 aromatic rings. The van der Waals surface area contributed by atoms with Crippen molar-refractivity contribution in [2.24, 2.45) is 7.05 Å². The van der Waals surface area contributed by atoms with Gasteiger partial charge < -0.3 is 14.6 Å². The van der Waals surface area contributed by atoms with Gasteiger partial charge in [-0.15, -0.1) is 0 Å². The van der Waals surface area contributed by atoms with E-state index in [0.29, 0.717) is 6.54 Å². The van der Waals surface area contributed by atoms with Crippen molar-refractivity contribution in [3.05, 3.63) is 76.5 Å². The second kappa shape index (κ2) is 7.64. The molecule has 1 atom stereocenters. The minimum absolute atomic E-state index is 0.231. The third kappa shape index (κ3) is 3.80. The van der Waals surface area contributed by atoms with Crippen LogP contribution in [-0.2, 0) is 13.6 Å². The quantitative estimate of drug-likeness (QED) is 0.718. The van der Waals surface area contributed by atoms with Crippen LogP contribution in [0.4, 0.5) is 0 Å². The molecule has 1 unspecified atom stereocenters. The van der Waals surface area contributed by atoms with Crippen LogP contribution in [0.15, 0.2) is 59.8 Å². The van der Waals surface area contributed by atoms with E-state index in [-0.39, 0.29) is 28.8 Å². The molecule has 0 spiro atoms. The molecule has 0 aliphatic heterocycles. The Morgan fingerprint density at radius 3 is 2.58 bits per heavy atom. The van der Waals surface area contributed by atoms with Crippen LogP contribution in [0.1, 0.15) is 22.0 Å². The fraction of sp³-hybridized carbons (Fsp3) is 0.222. The first kappa shape index (κ1) is 17.4. The predicted molar refractivity (Wildman–Crippen MR) is 94.9 cm³/mol. The van der Waals surface area contributed by atoms with Crippen LogP contribution in [0, 0.1) is 0 Å². The van der Waals surface area contributed by atoms with Gasteiger partial charge in [-0.25, -0.2) is 0 Å². The maximum Gasteiger partial charge on any atom is 0.257 e. The van der Waals surface area contributed by atoms with Crippen molar-refractivity contribution in [2.45, 2.75) is 12.6 Å². The van der Waals surface area contributed by atoms with E-state index in [1.54, 1.807) is 19.4 Å². The molecule has 2 heterocycles. The van der Waals surface area contributed by atoms with Gasteiger partial charge in [0.05, 0.1) is 37.7 Å². The Labute approximate surface area is 150 Å². The largest absolute Gasteiger partial charge is 0.496 e. The van der Waals surface area contributed by atoms with Gasteiger partial charge in [0.25, 0.3) is 11.5 Å². The van der Waals surface area contributed by atoms with Crippen LogP contribution in [0.25, 0.3) is 0 Å². The highest BCUT2D eigenvalue weighted by atomic mass is 16.5. The molecule has 2 aromatic heterocycles. The Balaban J connectivity index is 1.90. The van der Waals surface area contributed by atoms with E-state index in [2.05, 4.69) is 15.5 Å². The first-order valence-corrected chi connectivity index (χ1v) is 8.03. The van der Waals surface area contributed by atoms with E-state index in [1.165, 1.54) is 28.7 Å². The van der Waals surface area contributed by atoms with Gasteiger partial charge in [0.2, 0.25) is 0 Å². The molecule has 0 fully saturated rings. The summed E-state index contributed by atoms with van der Waals surface area (Å²) in [5.41, 5.74) is 0.949. The summed E-state index contributed by atoms with van der Waals surface area (Å²) in [6.07, 6.45) is 4.63. The molecule has 0 bridgehead atoms. The molecule has 3 rings (SSSR count). The topological polar surface area (TPSA) is 91.0 Å². The number of amides is 1. The Hall–Kier alpha value is -3.42. The van der Waals surface area contributed by atoms with E-state index in [4.69, 9.17) is 4.74 Å². The van der Waals surface area contributed by atoms with Gasteiger partial charge in [-0.05, 0) is 5.56 Å². The molecule has 0 radical (unpaired) electrons. The molecule has 0 saturated heterocycles. The Morgan fingerprint density at radius 2 is 1.92 bits per heavy atom. The normalized spacial score (nSPS) is 11.8. The van der Waals surface area contributed by atoms with Crippen LogP contribution in [0.2, 0.25) is 0 Å². The van der Waals surface area contributed by atoms with Gasteiger partial charge in [-0.2, -0.15) is 15.0 Å². The van der Waals surface area contributed by atoms with E-state index in [1.807, 2.05) is 30.3 Å². The number of nitrogens with zero attached hydrogens (tertiary/aromatic N) is 4. The number of nitrogens with one attached hydrogen (secondary N) is 1. The average Bonchev–Trinajstić information content (AvgIpc) is 3.16. The third-order valence-electron chi connectivity index (χ3n) is 3.97. The summed E-state index contributed by atoms with van der Waals surface area (Å²) in [6.45, 7) is 0.372. The lowest BCUT2D eigenvalue weighted by Crippen LogP contribution is -2.33. The number of carbonyl (C=O) groups is 1. The number of methoxy groups -OCH3 is 1. The van der Waals surface area contributed by atoms with Crippen molar-refractivity contribution in [3.63, 3.8) is 0 Å². The lowest BCUT2D eigenvalue weighted by molar-refractivity contribution is 0.0927. The lowest BCUT2D eigenvalue weighted by atomic mass is 10.1. The molecule has 8 heteroatoms. The zero-order chi connectivity index (χ0) is 18.5. The van der Waals surface area contributed by atoms with Gasteiger partial charge in [-0.1, -0.05) is 30.3 Å². The molecule has 1 amide bonds. The molecule has 1 aromatic carbocycles. The standard InChI is InChI=1S/C18H19N5O3/c1-22-11-14(16(26-2)10-17(22)24)18(25)21-15(12-23-19-8-9-20-23)13-6-4-3-5-7-13/h3-11,15H,12H2,1-2H3,(H,21,25). The second-order valence-corrected chi connectivity index (χ2v) is 5.73. The lowest BCUT2D eigenvalue weighted by Gasteiger charge is -2.19. The Bertz CT molecular complexity index is 935. The van der Waals surface area contributed by atoms with Gasteiger partial charge in [0, 0.05) is 19.3 Å². The zero-order valence-electron chi connectivity index (χ0n) is 14.5. The first-order valence-electron chi connectivity index (χ1n) is 8.03. The molecule has 8 nitrogen and oxygen atoms in total. The molecule has 0 saturated carbocycles. The monoisotopic (exact) mass is 353 g/mol. The van der Waals surface area contributed by atoms with Crippen molar-refractivity contribution in [1.29, 1.82) is 0 Å². The minimum atomic E-state index is -0.349. The van der Waals surface area contributed by atoms with Crippen LogP contribution in [0.3, 0.4) is 0 Å². The number of hydrogen-bond donors (Lipinski definition) is 1. The summed E-state index contributed by atoms with van der Waals surface area (Å²) in [5, 5.41) is 11.2. The number of hydrogen-bond acceptors (Lipinski definition) is 5. The van der Waals surface area contributed by atoms with Crippen molar-refractivity contribution in [2.75, 3.05) is 7.11 Å². The summed E-state index contributed by atoms with van der Waals surface area (Å²) < 4.78 is 6.53. The Morgan fingerprint density at radius 1 is 1.23 bits per heavy atom.